The second-order valence-electron chi connectivity index (χ2n) is 5.10. The zero-order valence-corrected chi connectivity index (χ0v) is 12.1. The maximum atomic E-state index is 12.6. The fourth-order valence-electron chi connectivity index (χ4n) is 2.74. The fourth-order valence-corrected chi connectivity index (χ4v) is 3.33. The Morgan fingerprint density at radius 1 is 1.24 bits per heavy atom. The van der Waals surface area contributed by atoms with E-state index in [2.05, 4.69) is 5.32 Å². The molecule has 2 aliphatic heterocycles. The van der Waals surface area contributed by atoms with Crippen LogP contribution < -0.4 is 5.32 Å². The van der Waals surface area contributed by atoms with Crippen LogP contribution in [-0.4, -0.2) is 43.7 Å². The summed E-state index contributed by atoms with van der Waals surface area (Å²) in [5.74, 6) is -0.729. The van der Waals surface area contributed by atoms with Gasteiger partial charge in [-0.25, -0.2) is 4.18 Å². The highest BCUT2D eigenvalue weighted by Crippen LogP contribution is 2.33. The Hall–Kier alpha value is -1.93. The lowest BCUT2D eigenvalue weighted by Crippen LogP contribution is -2.46. The minimum atomic E-state index is -3.71. The van der Waals surface area contributed by atoms with Crippen LogP contribution in [0.4, 0.5) is 5.69 Å². The number of benzene rings is 1. The van der Waals surface area contributed by atoms with Crippen LogP contribution in [0.15, 0.2) is 24.3 Å². The molecular formula is C13H14N2O5S. The first-order chi connectivity index (χ1) is 9.87. The molecule has 1 fully saturated rings. The van der Waals surface area contributed by atoms with Gasteiger partial charge in [0.15, 0.2) is 6.23 Å². The number of para-hydroxylation sites is 1. The third-order valence-electron chi connectivity index (χ3n) is 3.57. The van der Waals surface area contributed by atoms with Crippen molar-refractivity contribution in [1.29, 1.82) is 0 Å². The van der Waals surface area contributed by atoms with Crippen LogP contribution in [0.2, 0.25) is 0 Å². The number of carbonyl (C=O) groups excluding carboxylic acids is 2. The number of rotatable bonds is 2. The third-order valence-corrected chi connectivity index (χ3v) is 4.14. The lowest BCUT2D eigenvalue weighted by atomic mass is 10.1. The Kier molecular flexibility index (Phi) is 3.22. The molecule has 0 aliphatic carbocycles. The van der Waals surface area contributed by atoms with Crippen molar-refractivity contribution in [3.8, 4) is 0 Å². The third kappa shape index (κ3) is 2.52. The largest absolute Gasteiger partial charge is 0.324 e. The number of fused-ring (bicyclic) bond motifs is 2. The molecule has 1 aromatic carbocycles. The second kappa shape index (κ2) is 4.81. The number of nitrogens with zero attached hydrogens (tertiary/aromatic N) is 1. The molecule has 7 nitrogen and oxygen atoms in total. The number of nitrogens with one attached hydrogen (secondary N) is 1. The zero-order valence-electron chi connectivity index (χ0n) is 11.3. The van der Waals surface area contributed by atoms with Gasteiger partial charge in [0.2, 0.25) is 5.91 Å². The SMILES string of the molecule is CS(=O)(=O)OC1CC[C@H]2C(=O)Nc3ccccc3C(=O)N12. The summed E-state index contributed by atoms with van der Waals surface area (Å²) in [6.07, 6.45) is 0.663. The molecule has 1 unspecified atom stereocenters. The van der Waals surface area contributed by atoms with Crippen LogP contribution in [0.1, 0.15) is 23.2 Å². The molecule has 3 rings (SSSR count). The lowest BCUT2D eigenvalue weighted by Gasteiger charge is -2.26. The highest BCUT2D eigenvalue weighted by Gasteiger charge is 2.45. The molecule has 21 heavy (non-hydrogen) atoms. The van der Waals surface area contributed by atoms with Gasteiger partial charge in [0.05, 0.1) is 17.5 Å². The van der Waals surface area contributed by atoms with Crippen LogP contribution in [0, 0.1) is 0 Å². The normalized spacial score (nSPS) is 25.1. The van der Waals surface area contributed by atoms with Crippen molar-refractivity contribution in [2.24, 2.45) is 0 Å². The summed E-state index contributed by atoms with van der Waals surface area (Å²) in [6, 6.07) is 5.92. The average molecular weight is 310 g/mol. The first-order valence-electron chi connectivity index (χ1n) is 6.47. The van der Waals surface area contributed by atoms with Gasteiger partial charge in [-0.2, -0.15) is 8.42 Å². The highest BCUT2D eigenvalue weighted by molar-refractivity contribution is 7.86. The number of anilines is 1. The maximum absolute atomic E-state index is 12.6. The summed E-state index contributed by atoms with van der Waals surface area (Å²) in [4.78, 5) is 26.0. The Morgan fingerprint density at radius 3 is 2.67 bits per heavy atom. The summed E-state index contributed by atoms with van der Waals surface area (Å²) in [5, 5.41) is 2.70. The predicted molar refractivity (Wildman–Crippen MR) is 74.0 cm³/mol. The van der Waals surface area contributed by atoms with E-state index in [0.29, 0.717) is 24.1 Å². The second-order valence-corrected chi connectivity index (χ2v) is 6.70. The summed E-state index contributed by atoms with van der Waals surface area (Å²) >= 11 is 0. The Bertz CT molecular complexity index is 715. The fraction of sp³-hybridized carbons (Fsp3) is 0.385. The van der Waals surface area contributed by atoms with Crippen molar-refractivity contribution in [1.82, 2.24) is 4.90 Å². The first-order valence-corrected chi connectivity index (χ1v) is 8.29. The summed E-state index contributed by atoms with van der Waals surface area (Å²) in [7, 11) is -3.71. The van der Waals surface area contributed by atoms with Crippen molar-refractivity contribution >= 4 is 27.6 Å². The molecule has 2 heterocycles. The molecule has 112 valence electrons. The molecule has 0 aromatic heterocycles. The van der Waals surface area contributed by atoms with E-state index in [9.17, 15) is 18.0 Å². The number of carbonyl (C=O) groups is 2. The first kappa shape index (κ1) is 14.0. The van der Waals surface area contributed by atoms with Gasteiger partial charge < -0.3 is 5.32 Å². The molecule has 2 atom stereocenters. The van der Waals surface area contributed by atoms with E-state index < -0.39 is 28.3 Å². The van der Waals surface area contributed by atoms with Crippen molar-refractivity contribution in [2.45, 2.75) is 25.1 Å². The number of hydrogen-bond donors (Lipinski definition) is 1. The molecule has 0 spiro atoms. The Morgan fingerprint density at radius 2 is 1.95 bits per heavy atom. The van der Waals surface area contributed by atoms with Gasteiger partial charge in [0, 0.05) is 0 Å². The van der Waals surface area contributed by atoms with E-state index in [0.717, 1.165) is 6.26 Å². The molecular weight excluding hydrogens is 296 g/mol. The van der Waals surface area contributed by atoms with Gasteiger partial charge >= 0.3 is 0 Å². The lowest BCUT2D eigenvalue weighted by molar-refractivity contribution is -0.120. The van der Waals surface area contributed by atoms with Gasteiger partial charge in [0.25, 0.3) is 16.0 Å². The monoisotopic (exact) mass is 310 g/mol. The minimum Gasteiger partial charge on any atom is -0.324 e. The Labute approximate surface area is 122 Å². The quantitative estimate of drug-likeness (QED) is 0.805. The summed E-state index contributed by atoms with van der Waals surface area (Å²) in [5.41, 5.74) is 0.761. The van der Waals surface area contributed by atoms with Crippen LogP contribution in [-0.2, 0) is 19.1 Å². The van der Waals surface area contributed by atoms with E-state index in [1.54, 1.807) is 24.3 Å². The molecule has 0 radical (unpaired) electrons. The van der Waals surface area contributed by atoms with Crippen LogP contribution in [0.5, 0.6) is 0 Å². The standard InChI is InChI=1S/C13H14N2O5S/c1-21(18,19)20-11-7-6-10-12(16)14-9-5-3-2-4-8(9)13(17)15(10)11/h2-5,10-11H,6-7H2,1H3,(H,14,16)/t10-,11?/m0/s1. The van der Waals surface area contributed by atoms with Gasteiger partial charge in [0.1, 0.15) is 6.04 Å². The van der Waals surface area contributed by atoms with Gasteiger partial charge in [-0.1, -0.05) is 12.1 Å². The molecule has 0 bridgehead atoms. The van der Waals surface area contributed by atoms with Gasteiger partial charge in [-0.15, -0.1) is 0 Å². The van der Waals surface area contributed by atoms with Crippen LogP contribution in [0.25, 0.3) is 0 Å². The number of amides is 2. The van der Waals surface area contributed by atoms with Gasteiger partial charge in [-0.05, 0) is 25.0 Å². The highest BCUT2D eigenvalue weighted by atomic mass is 32.2. The van der Waals surface area contributed by atoms with Crippen LogP contribution >= 0.6 is 0 Å². The van der Waals surface area contributed by atoms with Crippen LogP contribution in [0.3, 0.4) is 0 Å². The smallest absolute Gasteiger partial charge is 0.266 e. The van der Waals surface area contributed by atoms with E-state index in [4.69, 9.17) is 4.18 Å². The predicted octanol–water partition coefficient (Wildman–Crippen LogP) is 0.546. The average Bonchev–Trinajstić information content (AvgIpc) is 2.75. The summed E-state index contributed by atoms with van der Waals surface area (Å²) < 4.78 is 27.6. The van der Waals surface area contributed by atoms with Crippen molar-refractivity contribution in [2.75, 3.05) is 11.6 Å². The van der Waals surface area contributed by atoms with Crippen molar-refractivity contribution in [3.05, 3.63) is 29.8 Å². The van der Waals surface area contributed by atoms with E-state index in [1.807, 2.05) is 0 Å². The molecule has 2 amide bonds. The van der Waals surface area contributed by atoms with Crippen molar-refractivity contribution in [3.63, 3.8) is 0 Å². The molecule has 0 saturated carbocycles. The van der Waals surface area contributed by atoms with E-state index in [-0.39, 0.29) is 5.91 Å². The minimum absolute atomic E-state index is 0.305. The maximum Gasteiger partial charge on any atom is 0.266 e. The molecule has 1 aromatic rings. The van der Waals surface area contributed by atoms with Gasteiger partial charge in [-0.3, -0.25) is 14.5 Å². The van der Waals surface area contributed by atoms with E-state index in [1.165, 1.54) is 4.90 Å². The molecule has 1 N–H and O–H groups in total. The summed E-state index contributed by atoms with van der Waals surface area (Å²) in [6.45, 7) is 0. The number of hydrogen-bond acceptors (Lipinski definition) is 5. The zero-order chi connectivity index (χ0) is 15.2. The van der Waals surface area contributed by atoms with Crippen molar-refractivity contribution < 1.29 is 22.2 Å². The molecule has 8 heteroatoms. The topological polar surface area (TPSA) is 92.8 Å². The Balaban J connectivity index is 2.02. The van der Waals surface area contributed by atoms with E-state index >= 15 is 0 Å². The molecule has 2 aliphatic rings. The molecule has 1 saturated heterocycles.